The number of hydrogen-bond acceptors (Lipinski definition) is 3. The average molecular weight is 401 g/mol. The first kappa shape index (κ1) is 17.0. The molecule has 1 aliphatic heterocycles. The minimum Gasteiger partial charge on any atom is -0.370 e. The monoisotopic (exact) mass is 401 g/mol. The molecule has 0 bridgehead atoms. The number of hydrogen-bond donors (Lipinski definition) is 2. The third kappa shape index (κ3) is 5.85. The van der Waals surface area contributed by atoms with Crippen molar-refractivity contribution in [2.24, 2.45) is 22.6 Å². The van der Waals surface area contributed by atoms with Gasteiger partial charge in [-0.15, -0.1) is 24.0 Å². The van der Waals surface area contributed by atoms with E-state index in [1.807, 2.05) is 0 Å². The van der Waals surface area contributed by atoms with Gasteiger partial charge in [0.15, 0.2) is 15.8 Å². The molecule has 0 spiro atoms. The molecule has 1 saturated heterocycles. The minimum absolute atomic E-state index is 0. The maximum Gasteiger partial charge on any atom is 0.188 e. The van der Waals surface area contributed by atoms with Gasteiger partial charge in [0.25, 0.3) is 0 Å². The smallest absolute Gasteiger partial charge is 0.188 e. The van der Waals surface area contributed by atoms with E-state index in [1.165, 1.54) is 19.3 Å². The molecule has 1 atom stereocenters. The van der Waals surface area contributed by atoms with E-state index in [0.29, 0.717) is 18.3 Å². The SMILES string of the molecule is I.NC(=NCC1CCCS(=O)(=O)C1)NCC1CCC1. The zero-order valence-corrected chi connectivity index (χ0v) is 14.3. The average Bonchev–Trinajstić information content (AvgIpc) is 2.23. The number of nitrogens with two attached hydrogens (primary N) is 1. The zero-order chi connectivity index (χ0) is 13.0. The second kappa shape index (κ2) is 7.66. The number of halogens is 1. The van der Waals surface area contributed by atoms with Gasteiger partial charge in [0, 0.05) is 13.1 Å². The molecule has 1 unspecified atom stereocenters. The van der Waals surface area contributed by atoms with Crippen LogP contribution in [0.15, 0.2) is 4.99 Å². The Kier molecular flexibility index (Phi) is 6.85. The van der Waals surface area contributed by atoms with E-state index in [4.69, 9.17) is 5.73 Å². The van der Waals surface area contributed by atoms with Crippen LogP contribution in [-0.4, -0.2) is 39.0 Å². The van der Waals surface area contributed by atoms with Crippen molar-refractivity contribution in [3.8, 4) is 0 Å². The fraction of sp³-hybridized carbons (Fsp3) is 0.917. The van der Waals surface area contributed by atoms with E-state index in [0.717, 1.165) is 25.3 Å². The van der Waals surface area contributed by atoms with Gasteiger partial charge < -0.3 is 11.1 Å². The highest BCUT2D eigenvalue weighted by Gasteiger charge is 2.24. The molecule has 7 heteroatoms. The van der Waals surface area contributed by atoms with Gasteiger partial charge >= 0.3 is 0 Å². The van der Waals surface area contributed by atoms with Crippen LogP contribution in [0.25, 0.3) is 0 Å². The summed E-state index contributed by atoms with van der Waals surface area (Å²) < 4.78 is 22.9. The predicted octanol–water partition coefficient (Wildman–Crippen LogP) is 1.13. The van der Waals surface area contributed by atoms with Crippen molar-refractivity contribution in [3.05, 3.63) is 0 Å². The lowest BCUT2D eigenvalue weighted by Gasteiger charge is -2.25. The molecule has 0 aromatic carbocycles. The van der Waals surface area contributed by atoms with Crippen LogP contribution in [0.1, 0.15) is 32.1 Å². The highest BCUT2D eigenvalue weighted by atomic mass is 127. The molecule has 0 aromatic rings. The normalized spacial score (nSPS) is 27.2. The summed E-state index contributed by atoms with van der Waals surface area (Å²) in [5.74, 6) is 1.96. The first-order valence-corrected chi connectivity index (χ1v) is 8.61. The first-order valence-electron chi connectivity index (χ1n) is 6.79. The van der Waals surface area contributed by atoms with Gasteiger partial charge in [-0.3, -0.25) is 4.99 Å². The lowest BCUT2D eigenvalue weighted by molar-refractivity contribution is 0.315. The number of aliphatic imine (C=N–C) groups is 1. The topological polar surface area (TPSA) is 84.5 Å². The summed E-state index contributed by atoms with van der Waals surface area (Å²) in [5, 5.41) is 3.12. The van der Waals surface area contributed by atoms with Gasteiger partial charge in [-0.25, -0.2) is 8.42 Å². The zero-order valence-electron chi connectivity index (χ0n) is 11.2. The number of sulfone groups is 1. The van der Waals surface area contributed by atoms with E-state index in [2.05, 4.69) is 10.3 Å². The second-order valence-electron chi connectivity index (χ2n) is 5.53. The van der Waals surface area contributed by atoms with Crippen LogP contribution in [0, 0.1) is 11.8 Å². The Morgan fingerprint density at radius 1 is 1.21 bits per heavy atom. The third-order valence-corrected chi connectivity index (χ3v) is 5.76. The highest BCUT2D eigenvalue weighted by Crippen LogP contribution is 2.25. The van der Waals surface area contributed by atoms with Crippen molar-refractivity contribution in [1.29, 1.82) is 0 Å². The van der Waals surface area contributed by atoms with Crippen LogP contribution in [0.5, 0.6) is 0 Å². The van der Waals surface area contributed by atoms with Crippen LogP contribution < -0.4 is 11.1 Å². The first-order chi connectivity index (χ1) is 8.55. The summed E-state index contributed by atoms with van der Waals surface area (Å²) in [6.07, 6.45) is 5.59. The summed E-state index contributed by atoms with van der Waals surface area (Å²) in [6.45, 7) is 1.43. The van der Waals surface area contributed by atoms with Crippen LogP contribution >= 0.6 is 24.0 Å². The van der Waals surface area contributed by atoms with Gasteiger partial charge in [0.2, 0.25) is 0 Å². The van der Waals surface area contributed by atoms with Crippen LogP contribution in [0.4, 0.5) is 0 Å². The summed E-state index contributed by atoms with van der Waals surface area (Å²) in [7, 11) is -2.83. The van der Waals surface area contributed by atoms with Gasteiger partial charge in [-0.05, 0) is 37.5 Å². The summed E-state index contributed by atoms with van der Waals surface area (Å²) >= 11 is 0. The molecule has 2 aliphatic rings. The highest BCUT2D eigenvalue weighted by molar-refractivity contribution is 14.0. The number of nitrogens with one attached hydrogen (secondary N) is 1. The van der Waals surface area contributed by atoms with Gasteiger partial charge in [-0.1, -0.05) is 6.42 Å². The minimum atomic E-state index is -2.83. The predicted molar refractivity (Wildman–Crippen MR) is 88.6 cm³/mol. The van der Waals surface area contributed by atoms with Crippen LogP contribution in [-0.2, 0) is 9.84 Å². The number of guanidine groups is 1. The van der Waals surface area contributed by atoms with E-state index >= 15 is 0 Å². The molecule has 0 aromatic heterocycles. The Hall–Kier alpha value is -0.0500. The molecule has 2 rings (SSSR count). The summed E-state index contributed by atoms with van der Waals surface area (Å²) in [6, 6.07) is 0. The molecule has 1 saturated carbocycles. The van der Waals surface area contributed by atoms with Gasteiger partial charge in [0.1, 0.15) is 0 Å². The molecule has 2 fully saturated rings. The van der Waals surface area contributed by atoms with Crippen molar-refractivity contribution < 1.29 is 8.42 Å². The van der Waals surface area contributed by atoms with E-state index in [9.17, 15) is 8.42 Å². The standard InChI is InChI=1S/C12H23N3O2S.HI/c13-12(14-7-10-3-1-4-10)15-8-11-5-2-6-18(16,17)9-11;/h10-11H,1-9H2,(H3,13,14,15);1H. The maximum absolute atomic E-state index is 11.5. The Morgan fingerprint density at radius 2 is 1.89 bits per heavy atom. The van der Waals surface area contributed by atoms with Crippen LogP contribution in [0.3, 0.4) is 0 Å². The van der Waals surface area contributed by atoms with Crippen molar-refractivity contribution in [1.82, 2.24) is 5.32 Å². The van der Waals surface area contributed by atoms with Crippen molar-refractivity contribution in [3.63, 3.8) is 0 Å². The molecular weight excluding hydrogens is 377 g/mol. The van der Waals surface area contributed by atoms with E-state index in [1.54, 1.807) is 0 Å². The lowest BCUT2D eigenvalue weighted by Crippen LogP contribution is -2.38. The molecule has 112 valence electrons. The molecular formula is C12H24IN3O2S. The fourth-order valence-corrected chi connectivity index (χ4v) is 4.25. The lowest BCUT2D eigenvalue weighted by atomic mass is 9.85. The number of rotatable bonds is 4. The largest absolute Gasteiger partial charge is 0.370 e. The van der Waals surface area contributed by atoms with E-state index in [-0.39, 0.29) is 35.6 Å². The molecule has 1 aliphatic carbocycles. The molecule has 5 nitrogen and oxygen atoms in total. The second-order valence-corrected chi connectivity index (χ2v) is 7.76. The molecule has 0 radical (unpaired) electrons. The molecule has 19 heavy (non-hydrogen) atoms. The Labute approximate surface area is 132 Å². The Morgan fingerprint density at radius 3 is 2.47 bits per heavy atom. The van der Waals surface area contributed by atoms with Crippen LogP contribution in [0.2, 0.25) is 0 Å². The maximum atomic E-state index is 11.5. The fourth-order valence-electron chi connectivity index (χ4n) is 2.49. The Bertz CT molecular complexity index is 407. The molecule has 3 N–H and O–H groups in total. The molecule has 0 amide bonds. The quantitative estimate of drug-likeness (QED) is 0.420. The Balaban J connectivity index is 0.00000180. The van der Waals surface area contributed by atoms with Gasteiger partial charge in [-0.2, -0.15) is 0 Å². The number of nitrogens with zero attached hydrogens (tertiary/aromatic N) is 1. The summed E-state index contributed by atoms with van der Waals surface area (Å²) in [4.78, 5) is 4.26. The van der Waals surface area contributed by atoms with Crippen molar-refractivity contribution >= 4 is 39.8 Å². The molecule has 1 heterocycles. The van der Waals surface area contributed by atoms with E-state index < -0.39 is 9.84 Å². The van der Waals surface area contributed by atoms with Gasteiger partial charge in [0.05, 0.1) is 11.5 Å². The summed E-state index contributed by atoms with van der Waals surface area (Å²) in [5.41, 5.74) is 5.78. The van der Waals surface area contributed by atoms with Crippen molar-refractivity contribution in [2.75, 3.05) is 24.6 Å². The van der Waals surface area contributed by atoms with Crippen molar-refractivity contribution in [2.45, 2.75) is 32.1 Å². The third-order valence-electron chi connectivity index (χ3n) is 3.87.